The van der Waals surface area contributed by atoms with Gasteiger partial charge in [-0.3, -0.25) is 9.10 Å². The molecule has 0 bridgehead atoms. The van der Waals surface area contributed by atoms with E-state index in [0.717, 1.165) is 0 Å². The lowest BCUT2D eigenvalue weighted by atomic mass is 10.1. The van der Waals surface area contributed by atoms with Crippen LogP contribution in [0.3, 0.4) is 0 Å². The Bertz CT molecular complexity index is 1090. The van der Waals surface area contributed by atoms with Gasteiger partial charge in [-0.25, -0.2) is 8.42 Å². The van der Waals surface area contributed by atoms with Crippen molar-refractivity contribution in [3.63, 3.8) is 0 Å². The zero-order chi connectivity index (χ0) is 20.1. The molecule has 3 rings (SSSR count). The summed E-state index contributed by atoms with van der Waals surface area (Å²) in [4.78, 5) is 12.4. The van der Waals surface area contributed by atoms with Crippen LogP contribution in [0.2, 0.25) is 5.02 Å². The van der Waals surface area contributed by atoms with Crippen molar-refractivity contribution in [3.05, 3.63) is 89.4 Å². The summed E-state index contributed by atoms with van der Waals surface area (Å²) in [6.07, 6.45) is 0.0978. The van der Waals surface area contributed by atoms with Crippen LogP contribution in [0.5, 0.6) is 0 Å². The minimum atomic E-state index is -3.76. The van der Waals surface area contributed by atoms with E-state index in [1.807, 2.05) is 6.07 Å². The average Bonchev–Trinajstić information content (AvgIpc) is 2.70. The summed E-state index contributed by atoms with van der Waals surface area (Å²) < 4.78 is 27.0. The molecule has 3 aromatic carbocycles. The standard InChI is InChI=1S/C21H19ClN2O3S/c1-24(18-10-3-2-4-11-18)28(26,27)19-12-7-9-17(15-19)23-21(25)14-16-8-5-6-13-20(16)22/h2-13,15H,14H2,1H3,(H,23,25). The molecule has 0 saturated carbocycles. The number of carbonyl (C=O) groups is 1. The van der Waals surface area contributed by atoms with Gasteiger partial charge in [0.15, 0.2) is 0 Å². The van der Waals surface area contributed by atoms with Crippen LogP contribution >= 0.6 is 11.6 Å². The lowest BCUT2D eigenvalue weighted by molar-refractivity contribution is -0.115. The van der Waals surface area contributed by atoms with Crippen molar-refractivity contribution in [2.24, 2.45) is 0 Å². The fourth-order valence-electron chi connectivity index (χ4n) is 2.69. The summed E-state index contributed by atoms with van der Waals surface area (Å²) in [5, 5.41) is 3.24. The molecule has 0 saturated heterocycles. The normalized spacial score (nSPS) is 11.1. The van der Waals surface area contributed by atoms with E-state index in [1.54, 1.807) is 60.7 Å². The second-order valence-electron chi connectivity index (χ2n) is 6.15. The van der Waals surface area contributed by atoms with Gasteiger partial charge < -0.3 is 5.32 Å². The predicted molar refractivity (Wildman–Crippen MR) is 112 cm³/mol. The number of anilines is 2. The molecule has 0 aromatic heterocycles. The number of nitrogens with zero attached hydrogens (tertiary/aromatic N) is 1. The molecule has 1 amide bonds. The Kier molecular flexibility index (Phi) is 6.02. The van der Waals surface area contributed by atoms with Crippen molar-refractivity contribution in [3.8, 4) is 0 Å². The second-order valence-corrected chi connectivity index (χ2v) is 8.53. The number of hydrogen-bond donors (Lipinski definition) is 1. The van der Waals surface area contributed by atoms with E-state index in [4.69, 9.17) is 11.6 Å². The molecule has 0 aliphatic carbocycles. The predicted octanol–water partition coefficient (Wildman–Crippen LogP) is 4.35. The molecular formula is C21H19ClN2O3S. The minimum absolute atomic E-state index is 0.0920. The second kappa shape index (κ2) is 8.46. The Morgan fingerprint density at radius 2 is 1.64 bits per heavy atom. The first kappa shape index (κ1) is 19.9. The molecular weight excluding hydrogens is 396 g/mol. The van der Waals surface area contributed by atoms with E-state index in [1.165, 1.54) is 23.5 Å². The number of halogens is 1. The van der Waals surface area contributed by atoms with Crippen molar-refractivity contribution in [2.45, 2.75) is 11.3 Å². The van der Waals surface area contributed by atoms with Crippen LogP contribution in [0.4, 0.5) is 11.4 Å². The van der Waals surface area contributed by atoms with Crippen molar-refractivity contribution < 1.29 is 13.2 Å². The van der Waals surface area contributed by atoms with Crippen molar-refractivity contribution in [2.75, 3.05) is 16.7 Å². The third kappa shape index (κ3) is 4.52. The van der Waals surface area contributed by atoms with Gasteiger partial charge in [-0.2, -0.15) is 0 Å². The van der Waals surface area contributed by atoms with E-state index >= 15 is 0 Å². The monoisotopic (exact) mass is 414 g/mol. The Morgan fingerprint density at radius 3 is 2.36 bits per heavy atom. The zero-order valence-corrected chi connectivity index (χ0v) is 16.7. The quantitative estimate of drug-likeness (QED) is 0.652. The maximum absolute atomic E-state index is 12.9. The number of para-hydroxylation sites is 1. The van der Waals surface area contributed by atoms with Gasteiger partial charge in [0.25, 0.3) is 10.0 Å². The highest BCUT2D eigenvalue weighted by Gasteiger charge is 2.21. The molecule has 0 heterocycles. The third-order valence-electron chi connectivity index (χ3n) is 4.20. The van der Waals surface area contributed by atoms with E-state index in [0.29, 0.717) is 22.0 Å². The molecule has 0 aliphatic heterocycles. The van der Waals surface area contributed by atoms with E-state index in [-0.39, 0.29) is 17.2 Å². The van der Waals surface area contributed by atoms with Crippen molar-refractivity contribution in [1.82, 2.24) is 0 Å². The molecule has 0 atom stereocenters. The molecule has 0 radical (unpaired) electrons. The van der Waals surface area contributed by atoms with E-state index in [2.05, 4.69) is 5.32 Å². The van der Waals surface area contributed by atoms with Crippen LogP contribution in [-0.2, 0) is 21.2 Å². The molecule has 0 spiro atoms. The van der Waals surface area contributed by atoms with E-state index < -0.39 is 10.0 Å². The van der Waals surface area contributed by atoms with Crippen LogP contribution in [-0.4, -0.2) is 21.4 Å². The molecule has 28 heavy (non-hydrogen) atoms. The summed E-state index contributed by atoms with van der Waals surface area (Å²) in [5.41, 5.74) is 1.66. The fourth-order valence-corrected chi connectivity index (χ4v) is 4.13. The van der Waals surface area contributed by atoms with Crippen molar-refractivity contribution >= 4 is 38.9 Å². The molecule has 3 aromatic rings. The first-order valence-corrected chi connectivity index (χ1v) is 10.4. The molecule has 7 heteroatoms. The fraction of sp³-hybridized carbons (Fsp3) is 0.0952. The number of benzene rings is 3. The zero-order valence-electron chi connectivity index (χ0n) is 15.2. The van der Waals surface area contributed by atoms with Crippen LogP contribution in [0, 0.1) is 0 Å². The van der Waals surface area contributed by atoms with Gasteiger partial charge in [-0.15, -0.1) is 0 Å². The summed E-state index contributed by atoms with van der Waals surface area (Å²) in [7, 11) is -2.26. The summed E-state index contributed by atoms with van der Waals surface area (Å²) in [5.74, 6) is -0.279. The Labute approximate surface area is 169 Å². The smallest absolute Gasteiger partial charge is 0.264 e. The largest absolute Gasteiger partial charge is 0.326 e. The van der Waals surface area contributed by atoms with E-state index in [9.17, 15) is 13.2 Å². The van der Waals surface area contributed by atoms with Gasteiger partial charge in [0.05, 0.1) is 17.0 Å². The van der Waals surface area contributed by atoms with Crippen LogP contribution in [0.15, 0.2) is 83.8 Å². The van der Waals surface area contributed by atoms with Crippen LogP contribution < -0.4 is 9.62 Å². The van der Waals surface area contributed by atoms with Gasteiger partial charge >= 0.3 is 0 Å². The summed E-state index contributed by atoms with van der Waals surface area (Å²) in [6.45, 7) is 0. The molecule has 1 N–H and O–H groups in total. The van der Waals surface area contributed by atoms with Gasteiger partial charge in [0.1, 0.15) is 0 Å². The maximum atomic E-state index is 12.9. The average molecular weight is 415 g/mol. The lowest BCUT2D eigenvalue weighted by Gasteiger charge is -2.20. The maximum Gasteiger partial charge on any atom is 0.264 e. The highest BCUT2D eigenvalue weighted by atomic mass is 35.5. The number of sulfonamides is 1. The molecule has 0 unspecified atom stereocenters. The van der Waals surface area contributed by atoms with Crippen LogP contribution in [0.25, 0.3) is 0 Å². The van der Waals surface area contributed by atoms with Gasteiger partial charge in [0.2, 0.25) is 5.91 Å². The molecule has 0 aliphatic rings. The molecule has 5 nitrogen and oxygen atoms in total. The Balaban J connectivity index is 1.78. The lowest BCUT2D eigenvalue weighted by Crippen LogP contribution is -2.26. The van der Waals surface area contributed by atoms with Gasteiger partial charge in [-0.05, 0) is 42.0 Å². The number of amides is 1. The minimum Gasteiger partial charge on any atom is -0.326 e. The number of nitrogens with one attached hydrogen (secondary N) is 1. The third-order valence-corrected chi connectivity index (χ3v) is 6.36. The first-order chi connectivity index (χ1) is 13.4. The first-order valence-electron chi connectivity index (χ1n) is 8.55. The molecule has 144 valence electrons. The number of hydrogen-bond acceptors (Lipinski definition) is 3. The highest BCUT2D eigenvalue weighted by Crippen LogP contribution is 2.24. The number of rotatable bonds is 6. The van der Waals surface area contributed by atoms with Crippen molar-refractivity contribution in [1.29, 1.82) is 0 Å². The molecule has 0 fully saturated rings. The van der Waals surface area contributed by atoms with Gasteiger partial charge in [0, 0.05) is 17.8 Å². The summed E-state index contributed by atoms with van der Waals surface area (Å²) in [6, 6.07) is 22.1. The Morgan fingerprint density at radius 1 is 0.964 bits per heavy atom. The topological polar surface area (TPSA) is 66.5 Å². The SMILES string of the molecule is CN(c1ccccc1)S(=O)(=O)c1cccc(NC(=O)Cc2ccccc2Cl)c1. The summed E-state index contributed by atoms with van der Waals surface area (Å²) >= 11 is 6.08. The highest BCUT2D eigenvalue weighted by molar-refractivity contribution is 7.92. The van der Waals surface area contributed by atoms with Crippen LogP contribution in [0.1, 0.15) is 5.56 Å². The van der Waals surface area contributed by atoms with Gasteiger partial charge in [-0.1, -0.05) is 54.1 Å². The number of carbonyl (C=O) groups excluding carboxylic acids is 1. The Hall–Kier alpha value is -2.83.